The maximum Gasteiger partial charge on any atom is 0.305 e. The fraction of sp³-hybridized carbons (Fsp3) is 0.615. The van der Waals surface area contributed by atoms with E-state index in [1.54, 1.807) is 6.92 Å². The van der Waals surface area contributed by atoms with Crippen molar-refractivity contribution in [2.75, 3.05) is 6.61 Å². The van der Waals surface area contributed by atoms with Crippen molar-refractivity contribution < 1.29 is 19.7 Å². The number of rotatable bonds is 22. The summed E-state index contributed by atoms with van der Waals surface area (Å²) in [5, 5.41) is 26.4. The van der Waals surface area contributed by atoms with Gasteiger partial charge < -0.3 is 20.3 Å². The first kappa shape index (κ1) is 45.5. The van der Waals surface area contributed by atoms with Gasteiger partial charge in [-0.15, -0.1) is 0 Å². The standard InChI is InChI=1S/C52H74N4O4/c1-9-11-12-13-14-15-16-17-18-19-20-21-22-23-24-25-28-60-46(59)27-26-39-33(4)49-36(7)50-35(6)47(37(8)57)44(55-50)31-41-32(3)38(10-2)43(53-41)30-42-34(5)48-45(58)29-40(51(39)56-49)52(48)54-42/h30-31,33,37,39,56-58H,9-29H2,1-8H3. The van der Waals surface area contributed by atoms with E-state index in [1.807, 2.05) is 19.9 Å². The summed E-state index contributed by atoms with van der Waals surface area (Å²) in [5.74, 6) is 0.198. The Labute approximate surface area is 361 Å². The van der Waals surface area contributed by atoms with Gasteiger partial charge in [0.2, 0.25) is 0 Å². The molecule has 8 nitrogen and oxygen atoms in total. The molecule has 5 aliphatic heterocycles. The molecular weight excluding hydrogens is 745 g/mol. The van der Waals surface area contributed by atoms with Crippen molar-refractivity contribution in [3.05, 3.63) is 91.0 Å². The first-order chi connectivity index (χ1) is 29.0. The zero-order valence-corrected chi connectivity index (χ0v) is 38.3. The van der Waals surface area contributed by atoms with Crippen molar-refractivity contribution >= 4 is 23.1 Å². The summed E-state index contributed by atoms with van der Waals surface area (Å²) in [5.41, 5.74) is 14.7. The van der Waals surface area contributed by atoms with E-state index in [0.29, 0.717) is 31.6 Å². The number of carbonyl (C=O) groups excluding carboxylic acids is 1. The minimum absolute atomic E-state index is 0.0160. The fourth-order valence-corrected chi connectivity index (χ4v) is 10.3. The SMILES string of the molecule is CCCCCCCCCCCCCCCCCCOC(=O)CCC1C2=C3CC(O)=C4C3=NC(=C4C)C=C3N=C(C=C4N=C(C(C)=C4C(C)O)C(C)=C(N2)C1C)C(C)=C3CC. The lowest BCUT2D eigenvalue weighted by atomic mass is 9.85. The zero-order valence-electron chi connectivity index (χ0n) is 38.3. The lowest BCUT2D eigenvalue weighted by Gasteiger charge is -2.18. The lowest BCUT2D eigenvalue weighted by Crippen LogP contribution is -2.16. The number of esters is 1. The van der Waals surface area contributed by atoms with E-state index in [0.717, 1.165) is 109 Å². The van der Waals surface area contributed by atoms with Crippen molar-refractivity contribution in [3.8, 4) is 0 Å². The number of aliphatic hydroxyl groups excluding tert-OH is 2. The Morgan fingerprint density at radius 3 is 1.98 bits per heavy atom. The van der Waals surface area contributed by atoms with Crippen molar-refractivity contribution in [3.63, 3.8) is 0 Å². The summed E-state index contributed by atoms with van der Waals surface area (Å²) in [4.78, 5) is 28.7. The maximum absolute atomic E-state index is 13.2. The molecule has 0 aromatic heterocycles. The quantitative estimate of drug-likeness (QED) is 0.0743. The van der Waals surface area contributed by atoms with E-state index in [4.69, 9.17) is 19.7 Å². The van der Waals surface area contributed by atoms with E-state index < -0.39 is 6.10 Å². The monoisotopic (exact) mass is 819 g/mol. The number of hydrogen-bond donors (Lipinski definition) is 3. The Balaban J connectivity index is 1.10. The number of carbonyl (C=O) groups is 1. The van der Waals surface area contributed by atoms with Crippen LogP contribution < -0.4 is 5.32 Å². The van der Waals surface area contributed by atoms with Gasteiger partial charge in [-0.05, 0) is 93.9 Å². The minimum Gasteiger partial charge on any atom is -0.511 e. The number of aliphatic hydroxyl groups is 2. The van der Waals surface area contributed by atoms with Crippen LogP contribution in [0.5, 0.6) is 0 Å². The molecule has 3 unspecified atom stereocenters. The third-order valence-electron chi connectivity index (χ3n) is 13.8. The van der Waals surface area contributed by atoms with Crippen LogP contribution in [-0.4, -0.2) is 46.0 Å². The summed E-state index contributed by atoms with van der Waals surface area (Å²) < 4.78 is 5.80. The number of allylic oxidation sites excluding steroid dienone is 11. The van der Waals surface area contributed by atoms with E-state index in [9.17, 15) is 15.0 Å². The van der Waals surface area contributed by atoms with Gasteiger partial charge in [-0.25, -0.2) is 15.0 Å². The Hall–Kier alpha value is -4.04. The molecule has 3 N–H and O–H groups in total. The second kappa shape index (κ2) is 21.2. The topological polar surface area (TPSA) is 116 Å². The number of unbranched alkanes of at least 4 members (excludes halogenated alkanes) is 15. The van der Waals surface area contributed by atoms with Crippen molar-refractivity contribution in [2.24, 2.45) is 26.8 Å². The fourth-order valence-electron chi connectivity index (χ4n) is 10.3. The van der Waals surface area contributed by atoms with Crippen LogP contribution in [0.3, 0.4) is 0 Å². The van der Waals surface area contributed by atoms with Crippen molar-refractivity contribution in [1.29, 1.82) is 0 Å². The minimum atomic E-state index is -0.710. The highest BCUT2D eigenvalue weighted by molar-refractivity contribution is 6.21. The molecule has 0 aromatic carbocycles. The molecule has 0 spiro atoms. The summed E-state index contributed by atoms with van der Waals surface area (Å²) in [6, 6.07) is 0. The van der Waals surface area contributed by atoms with E-state index in [-0.39, 0.29) is 17.8 Å². The van der Waals surface area contributed by atoms with E-state index in [1.165, 1.54) is 89.9 Å². The first-order valence-corrected chi connectivity index (χ1v) is 23.8. The van der Waals surface area contributed by atoms with Crippen LogP contribution in [0.15, 0.2) is 106 Å². The zero-order chi connectivity index (χ0) is 42.9. The average Bonchev–Trinajstić information content (AvgIpc) is 3.99. The van der Waals surface area contributed by atoms with Crippen LogP contribution in [-0.2, 0) is 9.53 Å². The molecule has 6 aliphatic rings. The summed E-state index contributed by atoms with van der Waals surface area (Å²) in [6.45, 7) is 17.2. The van der Waals surface area contributed by atoms with Gasteiger partial charge >= 0.3 is 5.97 Å². The Morgan fingerprint density at radius 1 is 0.767 bits per heavy atom. The highest BCUT2D eigenvalue weighted by Gasteiger charge is 2.42. The van der Waals surface area contributed by atoms with Crippen LogP contribution in [0.4, 0.5) is 0 Å². The van der Waals surface area contributed by atoms with E-state index >= 15 is 0 Å². The van der Waals surface area contributed by atoms with Crippen molar-refractivity contribution in [2.45, 2.75) is 190 Å². The highest BCUT2D eigenvalue weighted by atomic mass is 16.5. The largest absolute Gasteiger partial charge is 0.511 e. The number of hydrogen-bond acceptors (Lipinski definition) is 8. The number of nitrogens with zero attached hydrogens (tertiary/aromatic N) is 3. The van der Waals surface area contributed by atoms with Gasteiger partial charge in [0.1, 0.15) is 5.76 Å². The number of fused-ring (bicyclic) bond motifs is 5. The van der Waals surface area contributed by atoms with Crippen LogP contribution in [0.1, 0.15) is 184 Å². The molecule has 60 heavy (non-hydrogen) atoms. The van der Waals surface area contributed by atoms with Gasteiger partial charge in [-0.2, -0.15) is 0 Å². The van der Waals surface area contributed by atoms with E-state index in [2.05, 4.69) is 46.0 Å². The molecule has 0 amide bonds. The summed E-state index contributed by atoms with van der Waals surface area (Å²) in [7, 11) is 0. The van der Waals surface area contributed by atoms with Crippen LogP contribution >= 0.6 is 0 Å². The van der Waals surface area contributed by atoms with Crippen LogP contribution in [0.2, 0.25) is 0 Å². The molecule has 5 heterocycles. The van der Waals surface area contributed by atoms with Gasteiger partial charge in [-0.1, -0.05) is 117 Å². The molecule has 8 bridgehead atoms. The number of aliphatic imine (C=N–C) groups is 3. The molecular formula is C52H74N4O4. The number of ether oxygens (including phenoxy) is 1. The number of nitrogens with one attached hydrogen (secondary N) is 1. The Kier molecular flexibility index (Phi) is 16.0. The molecule has 0 aromatic rings. The third kappa shape index (κ3) is 10.2. The van der Waals surface area contributed by atoms with Crippen molar-refractivity contribution in [1.82, 2.24) is 5.32 Å². The Bertz CT molecular complexity index is 2020. The van der Waals surface area contributed by atoms with Gasteiger partial charge in [0, 0.05) is 52.8 Å². The molecule has 0 saturated carbocycles. The van der Waals surface area contributed by atoms with Gasteiger partial charge in [-0.3, -0.25) is 4.79 Å². The molecule has 3 atom stereocenters. The Morgan fingerprint density at radius 2 is 1.38 bits per heavy atom. The predicted octanol–water partition coefficient (Wildman–Crippen LogP) is 13.0. The van der Waals surface area contributed by atoms with Gasteiger partial charge in [0.05, 0.1) is 46.9 Å². The van der Waals surface area contributed by atoms with Gasteiger partial charge in [0.25, 0.3) is 0 Å². The molecule has 8 heteroatoms. The normalized spacial score (nSPS) is 21.6. The molecule has 1 aliphatic carbocycles. The van der Waals surface area contributed by atoms with Crippen LogP contribution in [0, 0.1) is 11.8 Å². The maximum atomic E-state index is 13.2. The predicted molar refractivity (Wildman–Crippen MR) is 248 cm³/mol. The molecule has 326 valence electrons. The third-order valence-corrected chi connectivity index (χ3v) is 13.8. The second-order valence-electron chi connectivity index (χ2n) is 18.2. The van der Waals surface area contributed by atoms with Crippen LogP contribution in [0.25, 0.3) is 0 Å². The summed E-state index contributed by atoms with van der Waals surface area (Å²) >= 11 is 0. The molecule has 0 radical (unpaired) electrons. The first-order valence-electron chi connectivity index (χ1n) is 23.8. The van der Waals surface area contributed by atoms with Gasteiger partial charge in [0.15, 0.2) is 0 Å². The molecule has 1 saturated heterocycles. The molecule has 6 rings (SSSR count). The lowest BCUT2D eigenvalue weighted by molar-refractivity contribution is -0.144. The molecule has 1 fully saturated rings. The smallest absolute Gasteiger partial charge is 0.305 e. The second-order valence-corrected chi connectivity index (χ2v) is 18.2. The summed E-state index contributed by atoms with van der Waals surface area (Å²) in [6.07, 6.45) is 26.5. The average molecular weight is 819 g/mol. The highest BCUT2D eigenvalue weighted by Crippen LogP contribution is 2.47.